The Morgan fingerprint density at radius 1 is 1.14 bits per heavy atom. The minimum atomic E-state index is 0.585. The quantitative estimate of drug-likeness (QED) is 0.876. The maximum Gasteiger partial charge on any atom is 0.162 e. The molecule has 1 aromatic carbocycles. The first-order valence-corrected chi connectivity index (χ1v) is 8.10. The lowest BCUT2D eigenvalue weighted by molar-refractivity contribution is 0.1000. The number of thioether (sulfide) groups is 1. The Morgan fingerprint density at radius 2 is 1.90 bits per heavy atom. The molecule has 0 aliphatic carbocycles. The molecule has 3 rings (SSSR count). The van der Waals surface area contributed by atoms with Gasteiger partial charge in [0.1, 0.15) is 10.8 Å². The van der Waals surface area contributed by atoms with E-state index in [9.17, 15) is 0 Å². The van der Waals surface area contributed by atoms with Crippen molar-refractivity contribution in [2.75, 3.05) is 25.6 Å². The Labute approximate surface area is 129 Å². The molecule has 1 aliphatic rings. The number of benzene rings is 1. The molecule has 2 heterocycles. The van der Waals surface area contributed by atoms with Crippen LogP contribution in [0.1, 0.15) is 12.8 Å². The van der Waals surface area contributed by atoms with Gasteiger partial charge in [-0.05, 0) is 12.8 Å². The predicted molar refractivity (Wildman–Crippen MR) is 86.7 cm³/mol. The third-order valence-electron chi connectivity index (χ3n) is 3.45. The van der Waals surface area contributed by atoms with Crippen LogP contribution in [0.4, 0.5) is 5.82 Å². The van der Waals surface area contributed by atoms with Crippen molar-refractivity contribution in [3.05, 3.63) is 36.4 Å². The van der Waals surface area contributed by atoms with Crippen LogP contribution in [0.15, 0.2) is 41.4 Å². The molecule has 21 heavy (non-hydrogen) atoms. The molecule has 2 aromatic rings. The highest BCUT2D eigenvalue weighted by atomic mass is 32.2. The van der Waals surface area contributed by atoms with Gasteiger partial charge in [0.25, 0.3) is 0 Å². The molecule has 4 nitrogen and oxygen atoms in total. The van der Waals surface area contributed by atoms with Crippen molar-refractivity contribution in [1.82, 2.24) is 9.97 Å². The first-order valence-electron chi connectivity index (χ1n) is 7.22. The van der Waals surface area contributed by atoms with Crippen molar-refractivity contribution in [2.24, 2.45) is 0 Å². The van der Waals surface area contributed by atoms with Gasteiger partial charge in [0, 0.05) is 37.1 Å². The largest absolute Gasteiger partial charge is 0.381 e. The van der Waals surface area contributed by atoms with Gasteiger partial charge in [-0.25, -0.2) is 9.97 Å². The van der Waals surface area contributed by atoms with Crippen LogP contribution in [0.25, 0.3) is 11.4 Å². The Balaban J connectivity index is 1.86. The third-order valence-corrected chi connectivity index (χ3v) is 4.70. The molecule has 1 saturated heterocycles. The standard InChI is InChI=1S/C16H19N3OS/c1-17-14-11-15(21-13-7-9-20-10-8-13)19-16(18-14)12-5-3-2-4-6-12/h2-6,11,13H,7-10H2,1H3,(H,17,18,19). The van der Waals surface area contributed by atoms with E-state index in [0.717, 1.165) is 48.3 Å². The van der Waals surface area contributed by atoms with Gasteiger partial charge in [-0.15, -0.1) is 11.8 Å². The topological polar surface area (TPSA) is 47.0 Å². The summed E-state index contributed by atoms with van der Waals surface area (Å²) in [6.07, 6.45) is 2.18. The minimum Gasteiger partial charge on any atom is -0.381 e. The molecule has 1 N–H and O–H groups in total. The number of nitrogens with zero attached hydrogens (tertiary/aromatic N) is 2. The van der Waals surface area contributed by atoms with Crippen LogP contribution in [0, 0.1) is 0 Å². The zero-order valence-electron chi connectivity index (χ0n) is 12.1. The van der Waals surface area contributed by atoms with E-state index in [0.29, 0.717) is 5.25 Å². The van der Waals surface area contributed by atoms with Crippen LogP contribution >= 0.6 is 11.8 Å². The average Bonchev–Trinajstić information content (AvgIpc) is 2.56. The molecule has 5 heteroatoms. The maximum atomic E-state index is 5.42. The first-order chi connectivity index (χ1) is 10.3. The average molecular weight is 301 g/mol. The highest BCUT2D eigenvalue weighted by Gasteiger charge is 2.17. The summed E-state index contributed by atoms with van der Waals surface area (Å²) < 4.78 is 5.42. The summed E-state index contributed by atoms with van der Waals surface area (Å²) in [7, 11) is 1.89. The van der Waals surface area contributed by atoms with Crippen LogP contribution in [-0.2, 0) is 4.74 Å². The van der Waals surface area contributed by atoms with Crippen LogP contribution < -0.4 is 5.32 Å². The van der Waals surface area contributed by atoms with Gasteiger partial charge in [0.05, 0.1) is 0 Å². The second-order valence-corrected chi connectivity index (χ2v) is 6.28. The van der Waals surface area contributed by atoms with E-state index >= 15 is 0 Å². The fourth-order valence-electron chi connectivity index (χ4n) is 2.29. The number of aromatic nitrogens is 2. The third kappa shape index (κ3) is 3.74. The van der Waals surface area contributed by atoms with Crippen LogP contribution in [0.3, 0.4) is 0 Å². The minimum absolute atomic E-state index is 0.585. The molecule has 0 bridgehead atoms. The Hall–Kier alpha value is -1.59. The predicted octanol–water partition coefficient (Wildman–Crippen LogP) is 3.46. The molecule has 1 aromatic heterocycles. The van der Waals surface area contributed by atoms with E-state index in [1.54, 1.807) is 0 Å². The highest BCUT2D eigenvalue weighted by molar-refractivity contribution is 7.99. The lowest BCUT2D eigenvalue weighted by atomic mass is 10.2. The number of rotatable bonds is 4. The molecule has 1 fully saturated rings. The first kappa shape index (κ1) is 14.4. The van der Waals surface area contributed by atoms with Crippen LogP contribution in [0.2, 0.25) is 0 Å². The molecule has 0 amide bonds. The molecular weight excluding hydrogens is 282 g/mol. The molecular formula is C16H19N3OS. The van der Waals surface area contributed by atoms with Crippen molar-refractivity contribution < 1.29 is 4.74 Å². The summed E-state index contributed by atoms with van der Waals surface area (Å²) in [5, 5.41) is 4.74. The lowest BCUT2D eigenvalue weighted by Gasteiger charge is -2.21. The van der Waals surface area contributed by atoms with E-state index in [1.807, 2.05) is 55.2 Å². The molecule has 0 radical (unpaired) electrons. The van der Waals surface area contributed by atoms with Crippen LogP contribution in [0.5, 0.6) is 0 Å². The van der Waals surface area contributed by atoms with E-state index in [2.05, 4.69) is 10.3 Å². The molecule has 0 unspecified atom stereocenters. The zero-order chi connectivity index (χ0) is 14.5. The summed E-state index contributed by atoms with van der Waals surface area (Å²) in [5.41, 5.74) is 1.04. The molecule has 0 spiro atoms. The van der Waals surface area contributed by atoms with E-state index < -0.39 is 0 Å². The lowest BCUT2D eigenvalue weighted by Crippen LogP contribution is -2.17. The fraction of sp³-hybridized carbons (Fsp3) is 0.375. The van der Waals surface area contributed by atoms with E-state index in [1.165, 1.54) is 0 Å². The number of ether oxygens (including phenoxy) is 1. The fourth-order valence-corrected chi connectivity index (χ4v) is 3.38. The highest BCUT2D eigenvalue weighted by Crippen LogP contribution is 2.30. The zero-order valence-corrected chi connectivity index (χ0v) is 12.9. The Morgan fingerprint density at radius 3 is 2.62 bits per heavy atom. The van der Waals surface area contributed by atoms with Crippen molar-refractivity contribution in [3.63, 3.8) is 0 Å². The monoisotopic (exact) mass is 301 g/mol. The number of hydrogen-bond acceptors (Lipinski definition) is 5. The SMILES string of the molecule is CNc1cc(SC2CCOCC2)nc(-c2ccccc2)n1. The number of nitrogens with one attached hydrogen (secondary N) is 1. The van der Waals surface area contributed by atoms with Gasteiger partial charge in [-0.1, -0.05) is 30.3 Å². The van der Waals surface area contributed by atoms with Gasteiger partial charge >= 0.3 is 0 Å². The summed E-state index contributed by atoms with van der Waals surface area (Å²) in [5.74, 6) is 1.63. The second kappa shape index (κ2) is 6.91. The van der Waals surface area contributed by atoms with Crippen molar-refractivity contribution in [1.29, 1.82) is 0 Å². The van der Waals surface area contributed by atoms with Gasteiger partial charge in [0.2, 0.25) is 0 Å². The molecule has 110 valence electrons. The van der Waals surface area contributed by atoms with E-state index in [-0.39, 0.29) is 0 Å². The summed E-state index contributed by atoms with van der Waals surface area (Å²) in [6.45, 7) is 1.71. The van der Waals surface area contributed by atoms with Crippen molar-refractivity contribution >= 4 is 17.6 Å². The van der Waals surface area contributed by atoms with E-state index in [4.69, 9.17) is 9.72 Å². The van der Waals surface area contributed by atoms with Gasteiger partial charge in [-0.3, -0.25) is 0 Å². The van der Waals surface area contributed by atoms with Gasteiger partial charge < -0.3 is 10.1 Å². The van der Waals surface area contributed by atoms with Crippen molar-refractivity contribution in [2.45, 2.75) is 23.1 Å². The number of anilines is 1. The Bertz CT molecular complexity index is 585. The second-order valence-electron chi connectivity index (χ2n) is 4.96. The Kier molecular flexibility index (Phi) is 4.72. The smallest absolute Gasteiger partial charge is 0.162 e. The normalized spacial score (nSPS) is 15.9. The van der Waals surface area contributed by atoms with Crippen molar-refractivity contribution in [3.8, 4) is 11.4 Å². The summed E-state index contributed by atoms with van der Waals surface area (Å²) >= 11 is 1.83. The number of hydrogen-bond donors (Lipinski definition) is 1. The summed E-state index contributed by atoms with van der Waals surface area (Å²) in [4.78, 5) is 9.27. The van der Waals surface area contributed by atoms with Gasteiger partial charge in [0.15, 0.2) is 5.82 Å². The summed E-state index contributed by atoms with van der Waals surface area (Å²) in [6, 6.07) is 12.1. The van der Waals surface area contributed by atoms with Crippen LogP contribution in [-0.4, -0.2) is 35.5 Å². The molecule has 0 saturated carbocycles. The maximum absolute atomic E-state index is 5.42. The van der Waals surface area contributed by atoms with Gasteiger partial charge in [-0.2, -0.15) is 0 Å². The molecule has 0 atom stereocenters. The molecule has 1 aliphatic heterocycles.